The van der Waals surface area contributed by atoms with E-state index < -0.39 is 58.5 Å². The van der Waals surface area contributed by atoms with Gasteiger partial charge in [-0.2, -0.15) is 0 Å². The van der Waals surface area contributed by atoms with E-state index in [-0.39, 0.29) is 12.6 Å². The van der Waals surface area contributed by atoms with Crippen LogP contribution in [-0.2, 0) is 36.1 Å². The normalized spacial score (nSPS) is 15.3. The van der Waals surface area contributed by atoms with Crippen molar-refractivity contribution in [3.8, 4) is 0 Å². The number of ether oxygens (including phenoxy) is 3. The van der Waals surface area contributed by atoms with Gasteiger partial charge in [0.1, 0.15) is 12.2 Å². The van der Waals surface area contributed by atoms with E-state index in [2.05, 4.69) is 45.9 Å². The molecule has 0 fully saturated rings. The molecule has 0 rings (SSSR count). The zero-order valence-electron chi connectivity index (χ0n) is 28.0. The number of aliphatic hydroxyl groups excluding tert-OH is 3. The fourth-order valence-corrected chi connectivity index (χ4v) is 24.2. The van der Waals surface area contributed by atoms with Crippen LogP contribution in [0, 0.1) is 0 Å². The summed E-state index contributed by atoms with van der Waals surface area (Å²) in [5, 5.41) is 28.4. The van der Waals surface area contributed by atoms with Crippen LogP contribution >= 0.6 is 0 Å². The summed E-state index contributed by atoms with van der Waals surface area (Å²) >= 11 is 0. The summed E-state index contributed by atoms with van der Waals surface area (Å²) in [6.45, 7) is 25.4. The van der Waals surface area contributed by atoms with Crippen molar-refractivity contribution < 1.29 is 51.5 Å². The molecule has 0 aromatic rings. The molecule has 0 aliphatic rings. The summed E-state index contributed by atoms with van der Waals surface area (Å²) in [6.07, 6.45) is -0.433. The van der Waals surface area contributed by atoms with E-state index in [0.717, 1.165) is 12.1 Å². The lowest BCUT2D eigenvalue weighted by atomic mass is 10.2. The largest absolute Gasteiger partial charge is 0.462 e. The molecule has 15 heteroatoms. The van der Waals surface area contributed by atoms with Crippen molar-refractivity contribution in [3.63, 3.8) is 0 Å². The Morgan fingerprint density at radius 2 is 1.12 bits per heavy atom. The van der Waals surface area contributed by atoms with Crippen molar-refractivity contribution in [2.45, 2.75) is 109 Å². The van der Waals surface area contributed by atoms with Crippen molar-refractivity contribution in [2.24, 2.45) is 0 Å². The van der Waals surface area contributed by atoms with Crippen LogP contribution in [0.15, 0.2) is 24.3 Å². The standard InChI is InChI=1S/C28H58O11Si4/c1-23(2)27(32)35-16-13-18-40(5,6)37-42(9,10)39-43(11,20-12-15-34-22-26(31)25(30)21-29)38-41(7,8)19-14-17-36-28(33)24(3)4/h25-26,29-31H,1,3,12-22H2,2,4-11H3. The van der Waals surface area contributed by atoms with Crippen LogP contribution in [0.25, 0.3) is 0 Å². The summed E-state index contributed by atoms with van der Waals surface area (Å²) in [5.41, 5.74) is 0.746. The average molecular weight is 683 g/mol. The molecule has 0 heterocycles. The van der Waals surface area contributed by atoms with E-state index in [1.54, 1.807) is 13.8 Å². The molecule has 0 aromatic heterocycles. The van der Waals surface area contributed by atoms with Gasteiger partial charge in [0.15, 0.2) is 16.6 Å². The molecule has 0 aliphatic heterocycles. The third-order valence-corrected chi connectivity index (χ3v) is 22.5. The molecule has 3 atom stereocenters. The predicted molar refractivity (Wildman–Crippen MR) is 177 cm³/mol. The van der Waals surface area contributed by atoms with Gasteiger partial charge < -0.3 is 41.9 Å². The molecule has 0 radical (unpaired) electrons. The van der Waals surface area contributed by atoms with E-state index in [9.17, 15) is 19.8 Å². The molecule has 3 unspecified atom stereocenters. The van der Waals surface area contributed by atoms with Crippen molar-refractivity contribution in [3.05, 3.63) is 24.3 Å². The molecule has 11 nitrogen and oxygen atoms in total. The van der Waals surface area contributed by atoms with Gasteiger partial charge >= 0.3 is 29.1 Å². The highest BCUT2D eigenvalue weighted by molar-refractivity contribution is 6.89. The molecule has 0 saturated heterocycles. The number of esters is 2. The molecule has 0 saturated carbocycles. The Labute approximate surface area is 263 Å². The van der Waals surface area contributed by atoms with E-state index in [4.69, 9.17) is 31.7 Å². The number of hydrogen-bond acceptors (Lipinski definition) is 11. The van der Waals surface area contributed by atoms with Crippen LogP contribution in [-0.4, -0.2) is 106 Å². The summed E-state index contributed by atoms with van der Waals surface area (Å²) < 4.78 is 36.5. The van der Waals surface area contributed by atoms with E-state index in [1.807, 2.05) is 13.1 Å². The van der Waals surface area contributed by atoms with Gasteiger partial charge in [0.25, 0.3) is 0 Å². The molecule has 0 spiro atoms. The van der Waals surface area contributed by atoms with Gasteiger partial charge in [-0.1, -0.05) is 13.2 Å². The summed E-state index contributed by atoms with van der Waals surface area (Å²) in [4.78, 5) is 23.4. The minimum absolute atomic E-state index is 0.0876. The fraction of sp³-hybridized carbons (Fsp3) is 0.786. The summed E-state index contributed by atoms with van der Waals surface area (Å²) in [6, 6.07) is 2.20. The van der Waals surface area contributed by atoms with Gasteiger partial charge in [-0.15, -0.1) is 0 Å². The topological polar surface area (TPSA) is 150 Å². The van der Waals surface area contributed by atoms with Crippen LogP contribution in [0.3, 0.4) is 0 Å². The van der Waals surface area contributed by atoms with Gasteiger partial charge in [-0.05, 0) is 97.1 Å². The van der Waals surface area contributed by atoms with Gasteiger partial charge in [0.2, 0.25) is 0 Å². The smallest absolute Gasteiger partial charge is 0.333 e. The van der Waals surface area contributed by atoms with Gasteiger partial charge in [-0.3, -0.25) is 0 Å². The third-order valence-electron chi connectivity index (χ3n) is 6.32. The second-order valence-electron chi connectivity index (χ2n) is 12.9. The zero-order valence-corrected chi connectivity index (χ0v) is 32.0. The Morgan fingerprint density at radius 1 is 0.674 bits per heavy atom. The summed E-state index contributed by atoms with van der Waals surface area (Å²) in [7, 11) is -9.88. The highest BCUT2D eigenvalue weighted by atomic mass is 28.5. The van der Waals surface area contributed by atoms with Crippen molar-refractivity contribution in [1.29, 1.82) is 0 Å². The molecule has 0 aromatic carbocycles. The van der Waals surface area contributed by atoms with E-state index in [1.165, 1.54) is 0 Å². The molecule has 43 heavy (non-hydrogen) atoms. The van der Waals surface area contributed by atoms with Crippen LogP contribution in [0.2, 0.25) is 64.0 Å². The first kappa shape index (κ1) is 42.0. The van der Waals surface area contributed by atoms with Crippen LogP contribution in [0.4, 0.5) is 0 Å². The second-order valence-corrected chi connectivity index (χ2v) is 29.0. The number of carbonyl (C=O) groups excluding carboxylic acids is 2. The predicted octanol–water partition coefficient (Wildman–Crippen LogP) is 4.36. The number of hydrogen-bond donors (Lipinski definition) is 3. The molecule has 3 N–H and O–H groups in total. The summed E-state index contributed by atoms with van der Waals surface area (Å²) in [5.74, 6) is -0.786. The quantitative estimate of drug-likeness (QED) is 0.0577. The Balaban J connectivity index is 5.37. The van der Waals surface area contributed by atoms with Crippen molar-refractivity contribution in [2.75, 3.05) is 33.0 Å². The van der Waals surface area contributed by atoms with Gasteiger partial charge in [0.05, 0.1) is 26.4 Å². The van der Waals surface area contributed by atoms with E-state index in [0.29, 0.717) is 56.3 Å². The molecule has 0 aliphatic carbocycles. The van der Waals surface area contributed by atoms with Crippen LogP contribution < -0.4 is 0 Å². The number of carbonyl (C=O) groups is 2. The fourth-order valence-electron chi connectivity index (χ4n) is 4.52. The second kappa shape index (κ2) is 19.5. The maximum absolute atomic E-state index is 11.7. The Hall–Kier alpha value is -0.992. The first-order chi connectivity index (χ1) is 19.6. The first-order valence-corrected chi connectivity index (χ1v) is 26.5. The molecule has 0 bridgehead atoms. The maximum atomic E-state index is 11.7. The Morgan fingerprint density at radius 3 is 1.56 bits per heavy atom. The Kier molecular flexibility index (Phi) is 19.1. The van der Waals surface area contributed by atoms with Crippen LogP contribution in [0.5, 0.6) is 0 Å². The SMILES string of the molecule is C=C(C)C(=O)OCCC[Si](C)(C)O[Si](C)(C)O[Si](C)(CCCOCC(O)C(O)CO)O[Si](C)(C)CCCOC(=O)C(=C)C. The lowest BCUT2D eigenvalue weighted by Gasteiger charge is -2.42. The molecule has 0 amide bonds. The van der Waals surface area contributed by atoms with Gasteiger partial charge in [-0.25, -0.2) is 9.59 Å². The monoisotopic (exact) mass is 682 g/mol. The van der Waals surface area contributed by atoms with E-state index >= 15 is 0 Å². The minimum Gasteiger partial charge on any atom is -0.462 e. The molecule has 252 valence electrons. The van der Waals surface area contributed by atoms with Crippen LogP contribution in [0.1, 0.15) is 33.1 Å². The first-order valence-electron chi connectivity index (χ1n) is 14.9. The van der Waals surface area contributed by atoms with Crippen molar-refractivity contribution in [1.82, 2.24) is 0 Å². The average Bonchev–Trinajstić information content (AvgIpc) is 2.86. The lowest BCUT2D eigenvalue weighted by molar-refractivity contribution is -0.139. The zero-order chi connectivity index (χ0) is 33.5. The minimum atomic E-state index is -2.80. The number of aliphatic hydroxyl groups is 3. The lowest BCUT2D eigenvalue weighted by Crippen LogP contribution is -2.57. The molecular formula is C28H58O11Si4. The van der Waals surface area contributed by atoms with Gasteiger partial charge in [0, 0.05) is 17.8 Å². The molecular weight excluding hydrogens is 625 g/mol. The highest BCUT2D eigenvalue weighted by Gasteiger charge is 2.45. The maximum Gasteiger partial charge on any atom is 0.333 e. The third kappa shape index (κ3) is 19.9. The number of rotatable bonds is 24. The van der Waals surface area contributed by atoms with Crippen molar-refractivity contribution >= 4 is 45.7 Å². The Bertz CT molecular complexity index is 898. The highest BCUT2D eigenvalue weighted by Crippen LogP contribution is 2.30.